The summed E-state index contributed by atoms with van der Waals surface area (Å²) >= 11 is 2.94. The van der Waals surface area contributed by atoms with Gasteiger partial charge in [0.05, 0.1) is 0 Å². The molecule has 19 heavy (non-hydrogen) atoms. The van der Waals surface area contributed by atoms with Crippen LogP contribution >= 0.6 is 14.1 Å². The van der Waals surface area contributed by atoms with Gasteiger partial charge in [0.15, 0.2) is 0 Å². The summed E-state index contributed by atoms with van der Waals surface area (Å²) in [5.41, 5.74) is 0.984. The van der Waals surface area contributed by atoms with E-state index in [2.05, 4.69) is 54.8 Å². The molecule has 0 bridgehead atoms. The van der Waals surface area contributed by atoms with Crippen molar-refractivity contribution in [1.82, 2.24) is 4.90 Å². The summed E-state index contributed by atoms with van der Waals surface area (Å²) in [4.78, 5) is 15.1. The van der Waals surface area contributed by atoms with Crippen LogP contribution in [-0.4, -0.2) is 35.0 Å². The fourth-order valence-corrected chi connectivity index (χ4v) is 8.64. The van der Waals surface area contributed by atoms with Crippen molar-refractivity contribution in [1.29, 1.82) is 0 Å². The fourth-order valence-electron chi connectivity index (χ4n) is 2.41. The Morgan fingerprint density at radius 1 is 1.37 bits per heavy atom. The molecule has 0 aromatic carbocycles. The van der Waals surface area contributed by atoms with Crippen molar-refractivity contribution >= 4 is 32.1 Å². The third-order valence-corrected chi connectivity index (χ3v) is 10.6. The summed E-state index contributed by atoms with van der Waals surface area (Å²) in [6.45, 7) is 10.6. The van der Waals surface area contributed by atoms with Crippen LogP contribution in [0.2, 0.25) is 10.1 Å². The van der Waals surface area contributed by atoms with Crippen molar-refractivity contribution in [3.05, 3.63) is 23.8 Å². The van der Waals surface area contributed by atoms with E-state index in [1.165, 1.54) is 11.7 Å². The van der Waals surface area contributed by atoms with Crippen molar-refractivity contribution in [2.75, 3.05) is 0 Å². The molecule has 0 N–H and O–H groups in total. The van der Waals surface area contributed by atoms with Crippen LogP contribution < -0.4 is 0 Å². The van der Waals surface area contributed by atoms with Gasteiger partial charge in [-0.05, 0) is 0 Å². The molecule has 0 aromatic rings. The van der Waals surface area contributed by atoms with E-state index in [4.69, 9.17) is 0 Å². The van der Waals surface area contributed by atoms with E-state index >= 15 is 0 Å². The van der Waals surface area contributed by atoms with Crippen LogP contribution in [0.4, 0.5) is 0 Å². The zero-order valence-electron chi connectivity index (χ0n) is 12.5. The molecule has 1 aliphatic rings. The van der Waals surface area contributed by atoms with Gasteiger partial charge in [-0.3, -0.25) is 0 Å². The first kappa shape index (κ1) is 17.0. The van der Waals surface area contributed by atoms with E-state index in [0.717, 1.165) is 5.57 Å². The van der Waals surface area contributed by atoms with Gasteiger partial charge in [0.1, 0.15) is 0 Å². The molecule has 0 spiro atoms. The standard InChI is InChI=1S/C15H25BrNOSe/c1-6-10-19(16)14-9-7-8-13(14)15(18)17(11(2)3)12(4)5/h7-9,11-12,14H,6,10H2,1-5H3/q+1. The average molecular weight is 394 g/mol. The first-order valence-corrected chi connectivity index (χ1v) is 13.2. The third-order valence-electron chi connectivity index (χ3n) is 3.14. The van der Waals surface area contributed by atoms with Gasteiger partial charge in [-0.25, -0.2) is 0 Å². The first-order chi connectivity index (χ1) is 8.90. The molecule has 1 rings (SSSR count). The van der Waals surface area contributed by atoms with Gasteiger partial charge < -0.3 is 0 Å². The van der Waals surface area contributed by atoms with Crippen molar-refractivity contribution in [2.45, 2.75) is 63.3 Å². The molecule has 0 saturated heterocycles. The van der Waals surface area contributed by atoms with E-state index in [9.17, 15) is 4.79 Å². The van der Waals surface area contributed by atoms with E-state index in [-0.39, 0.29) is 18.0 Å². The van der Waals surface area contributed by atoms with Gasteiger partial charge in [-0.2, -0.15) is 0 Å². The van der Waals surface area contributed by atoms with Crippen molar-refractivity contribution < 1.29 is 4.79 Å². The predicted octanol–water partition coefficient (Wildman–Crippen LogP) is 4.29. The zero-order valence-corrected chi connectivity index (χ0v) is 15.8. The van der Waals surface area contributed by atoms with Crippen molar-refractivity contribution in [2.24, 2.45) is 0 Å². The number of carbonyl (C=O) groups is 1. The molecular weight excluding hydrogens is 369 g/mol. The third kappa shape index (κ3) is 4.21. The Morgan fingerprint density at radius 3 is 2.42 bits per heavy atom. The molecule has 2 nitrogen and oxygen atoms in total. The molecule has 0 radical (unpaired) electrons. The number of hydrogen-bond donors (Lipinski definition) is 0. The van der Waals surface area contributed by atoms with E-state index < -0.39 is 12.1 Å². The summed E-state index contributed by atoms with van der Waals surface area (Å²) < 4.78 is 0. The molecule has 4 heteroatoms. The molecule has 2 atom stereocenters. The Kier molecular flexibility index (Phi) is 6.85. The Balaban J connectivity index is 2.87. The van der Waals surface area contributed by atoms with E-state index in [1.807, 2.05) is 17.1 Å². The van der Waals surface area contributed by atoms with Crippen molar-refractivity contribution in [3.8, 4) is 0 Å². The van der Waals surface area contributed by atoms with Crippen LogP contribution in [0.1, 0.15) is 41.0 Å². The summed E-state index contributed by atoms with van der Waals surface area (Å²) in [5.74, 6) is 0.212. The SMILES string of the molecule is CCC[Se+](Br)C1C=CC=C1C(=O)N(C(C)C)C(C)C. The van der Waals surface area contributed by atoms with Crippen LogP contribution in [0.3, 0.4) is 0 Å². The van der Waals surface area contributed by atoms with Gasteiger partial charge >= 0.3 is 129 Å². The molecule has 1 amide bonds. The minimum atomic E-state index is -0.921. The Labute approximate surface area is 128 Å². The van der Waals surface area contributed by atoms with Crippen LogP contribution in [0, 0.1) is 0 Å². The average Bonchev–Trinajstić information content (AvgIpc) is 2.76. The monoisotopic (exact) mass is 394 g/mol. The molecule has 0 saturated carbocycles. The Bertz CT molecular complexity index is 368. The fraction of sp³-hybridized carbons (Fsp3) is 0.667. The molecule has 2 unspecified atom stereocenters. The van der Waals surface area contributed by atoms with Crippen LogP contribution in [0.5, 0.6) is 0 Å². The Hall–Kier alpha value is -0.0505. The van der Waals surface area contributed by atoms with E-state index in [0.29, 0.717) is 4.82 Å². The molecular formula is C15H25BrNOSe+. The first-order valence-electron chi connectivity index (χ1n) is 6.97. The second-order valence-corrected chi connectivity index (χ2v) is 13.2. The number of rotatable bonds is 6. The van der Waals surface area contributed by atoms with E-state index in [1.54, 1.807) is 0 Å². The zero-order chi connectivity index (χ0) is 14.6. The van der Waals surface area contributed by atoms with Gasteiger partial charge in [-0.15, -0.1) is 0 Å². The summed E-state index contributed by atoms with van der Waals surface area (Å²) in [5, 5.41) is 1.21. The number of halogens is 1. The molecule has 108 valence electrons. The van der Waals surface area contributed by atoms with Crippen LogP contribution in [-0.2, 0) is 4.79 Å². The minimum absolute atomic E-state index is 0.212. The number of nitrogens with zero attached hydrogens (tertiary/aromatic N) is 1. The van der Waals surface area contributed by atoms with Gasteiger partial charge in [0, 0.05) is 0 Å². The second kappa shape index (κ2) is 7.66. The number of hydrogen-bond acceptors (Lipinski definition) is 1. The quantitative estimate of drug-likeness (QED) is 0.616. The second-order valence-electron chi connectivity index (χ2n) is 5.40. The normalized spacial score (nSPS) is 20.0. The number of allylic oxidation sites excluding steroid dienone is 3. The van der Waals surface area contributed by atoms with Crippen molar-refractivity contribution in [3.63, 3.8) is 0 Å². The summed E-state index contributed by atoms with van der Waals surface area (Å²) in [7, 11) is 0. The molecule has 0 heterocycles. The summed E-state index contributed by atoms with van der Waals surface area (Å²) in [6.07, 6.45) is 7.43. The maximum absolute atomic E-state index is 12.8. The topological polar surface area (TPSA) is 20.3 Å². The van der Waals surface area contributed by atoms with Gasteiger partial charge in [0.25, 0.3) is 0 Å². The maximum atomic E-state index is 12.8. The summed E-state index contributed by atoms with van der Waals surface area (Å²) in [6, 6.07) is 0.490. The predicted molar refractivity (Wildman–Crippen MR) is 87.9 cm³/mol. The van der Waals surface area contributed by atoms with Crippen LogP contribution in [0.25, 0.3) is 0 Å². The molecule has 0 aromatic heterocycles. The molecule has 0 fully saturated rings. The number of carbonyl (C=O) groups excluding carboxylic acids is 1. The molecule has 0 aliphatic heterocycles. The molecule has 1 aliphatic carbocycles. The Morgan fingerprint density at radius 2 is 1.95 bits per heavy atom. The van der Waals surface area contributed by atoms with Crippen LogP contribution in [0.15, 0.2) is 23.8 Å². The van der Waals surface area contributed by atoms with Gasteiger partial charge in [-0.1, -0.05) is 0 Å². The number of amides is 1. The van der Waals surface area contributed by atoms with Gasteiger partial charge in [0.2, 0.25) is 0 Å².